The van der Waals surface area contributed by atoms with Crippen LogP contribution in [0.3, 0.4) is 0 Å². The van der Waals surface area contributed by atoms with E-state index >= 15 is 0 Å². The molecule has 0 saturated heterocycles. The molecule has 474 valence electrons. The Morgan fingerprint density at radius 3 is 0.735 bits per heavy atom. The van der Waals surface area contributed by atoms with E-state index in [0.29, 0.717) is 19.3 Å². The molecule has 0 aliphatic rings. The molecule has 1 unspecified atom stereocenters. The Balaban J connectivity index is 4.42. The van der Waals surface area contributed by atoms with Gasteiger partial charge in [0.25, 0.3) is 0 Å². The van der Waals surface area contributed by atoms with Crippen LogP contribution in [0.15, 0.2) is 122 Å². The van der Waals surface area contributed by atoms with Crippen LogP contribution in [0.5, 0.6) is 0 Å². The van der Waals surface area contributed by atoms with Gasteiger partial charge in [-0.3, -0.25) is 14.4 Å². The Bertz CT molecular complexity index is 1700. The second-order valence-corrected chi connectivity index (χ2v) is 23.0. The lowest BCUT2D eigenvalue weighted by Crippen LogP contribution is -2.30. The zero-order chi connectivity index (χ0) is 59.9. The SMILES string of the molecule is CC/C=C\C/C=C\C/C=C\C/C=C\CCCCCCCCCCC(=O)OCC(COC(=O)CCCCCCCCCCCCC/C=C\C/C=C\CCCCCCC)OC(=O)CCCCCCCCCC/C=C\C/C=C\C/C=C\C/C=C\CC. The molecule has 0 aromatic heterocycles. The van der Waals surface area contributed by atoms with Gasteiger partial charge in [0.15, 0.2) is 6.10 Å². The van der Waals surface area contributed by atoms with Crippen molar-refractivity contribution in [3.8, 4) is 0 Å². The van der Waals surface area contributed by atoms with Crippen LogP contribution >= 0.6 is 0 Å². The zero-order valence-corrected chi connectivity index (χ0v) is 54.4. The maximum atomic E-state index is 13.0. The fourth-order valence-corrected chi connectivity index (χ4v) is 9.75. The first-order valence-corrected chi connectivity index (χ1v) is 35.0. The smallest absolute Gasteiger partial charge is 0.306 e. The first-order valence-electron chi connectivity index (χ1n) is 35.0. The lowest BCUT2D eigenvalue weighted by molar-refractivity contribution is -0.167. The molecule has 0 bridgehead atoms. The summed E-state index contributed by atoms with van der Waals surface area (Å²) in [6.07, 6.45) is 97.8. The average molecular weight is 1150 g/mol. The first kappa shape index (κ1) is 78.8. The van der Waals surface area contributed by atoms with Crippen molar-refractivity contribution in [2.75, 3.05) is 13.2 Å². The Morgan fingerprint density at radius 1 is 0.253 bits per heavy atom. The van der Waals surface area contributed by atoms with Gasteiger partial charge in [0.1, 0.15) is 13.2 Å². The number of unbranched alkanes of at least 4 members (excludes halogenated alkanes) is 32. The molecule has 0 radical (unpaired) electrons. The normalized spacial score (nSPS) is 12.9. The number of allylic oxidation sites excluding steroid dienone is 20. The topological polar surface area (TPSA) is 78.9 Å². The molecular formula is C77H130O6. The summed E-state index contributed by atoms with van der Waals surface area (Å²) < 4.78 is 17.0. The van der Waals surface area contributed by atoms with Crippen LogP contribution < -0.4 is 0 Å². The number of rotatable bonds is 63. The lowest BCUT2D eigenvalue weighted by atomic mass is 10.0. The Kier molecular flexibility index (Phi) is 66.7. The second kappa shape index (κ2) is 70.3. The van der Waals surface area contributed by atoms with Crippen LogP contribution in [0.4, 0.5) is 0 Å². The molecule has 83 heavy (non-hydrogen) atoms. The van der Waals surface area contributed by atoms with E-state index in [4.69, 9.17) is 14.2 Å². The predicted molar refractivity (Wildman–Crippen MR) is 362 cm³/mol. The fraction of sp³-hybridized carbons (Fsp3) is 0.701. The third-order valence-electron chi connectivity index (χ3n) is 14.9. The van der Waals surface area contributed by atoms with E-state index in [1.807, 2.05) is 0 Å². The molecule has 0 saturated carbocycles. The Morgan fingerprint density at radius 2 is 0.470 bits per heavy atom. The molecule has 0 rings (SSSR count). The van der Waals surface area contributed by atoms with Crippen LogP contribution in [0.2, 0.25) is 0 Å². The van der Waals surface area contributed by atoms with Crippen molar-refractivity contribution in [2.45, 2.75) is 335 Å². The molecule has 0 aromatic carbocycles. The van der Waals surface area contributed by atoms with Crippen LogP contribution in [0, 0.1) is 0 Å². The van der Waals surface area contributed by atoms with E-state index < -0.39 is 6.10 Å². The van der Waals surface area contributed by atoms with Crippen LogP contribution in [0.1, 0.15) is 329 Å². The molecule has 0 aliphatic carbocycles. The van der Waals surface area contributed by atoms with Crippen molar-refractivity contribution in [2.24, 2.45) is 0 Å². The highest BCUT2D eigenvalue weighted by Crippen LogP contribution is 2.16. The summed E-state index contributed by atoms with van der Waals surface area (Å²) in [5.41, 5.74) is 0. The summed E-state index contributed by atoms with van der Waals surface area (Å²) in [7, 11) is 0. The van der Waals surface area contributed by atoms with Gasteiger partial charge < -0.3 is 14.2 Å². The standard InChI is InChI=1S/C77H130O6/c1-4-7-10-13-16-19-22-25-28-31-34-37-38-41-43-46-49-52-55-58-61-64-67-70-76(79)82-73-74(83-77(80)71-68-65-62-59-56-53-50-47-44-40-36-33-30-27-24-21-18-15-12-9-6-3)72-81-75(78)69-66-63-60-57-54-51-48-45-42-39-35-32-29-26-23-20-17-14-11-8-5-2/h8-9,11-12,17-18,20-22,25-27,29-31,34-36,39-40,74H,4-7,10,13-16,19,23-24,28,32-33,37-38,41-73H2,1-3H3/b11-8-,12-9-,20-17-,21-18-,25-22-,29-26-,30-27-,34-31-,39-35-,40-36-. The number of carbonyl (C=O) groups excluding carboxylic acids is 3. The summed E-state index contributed by atoms with van der Waals surface area (Å²) in [6, 6.07) is 0. The Labute approximate surface area is 513 Å². The number of hydrogen-bond acceptors (Lipinski definition) is 6. The van der Waals surface area contributed by atoms with E-state index in [9.17, 15) is 14.4 Å². The number of carbonyl (C=O) groups is 3. The van der Waals surface area contributed by atoms with Crippen molar-refractivity contribution in [1.29, 1.82) is 0 Å². The summed E-state index contributed by atoms with van der Waals surface area (Å²) in [4.78, 5) is 38.5. The highest BCUT2D eigenvalue weighted by atomic mass is 16.6. The maximum absolute atomic E-state index is 13.0. The molecule has 0 aromatic rings. The van der Waals surface area contributed by atoms with Crippen molar-refractivity contribution in [1.82, 2.24) is 0 Å². The Hall–Kier alpha value is -4.19. The minimum absolute atomic E-state index is 0.0861. The monoisotopic (exact) mass is 1150 g/mol. The molecule has 6 heteroatoms. The largest absolute Gasteiger partial charge is 0.462 e. The molecule has 0 spiro atoms. The fourth-order valence-electron chi connectivity index (χ4n) is 9.75. The minimum Gasteiger partial charge on any atom is -0.462 e. The van der Waals surface area contributed by atoms with Gasteiger partial charge in [-0.2, -0.15) is 0 Å². The van der Waals surface area contributed by atoms with E-state index in [1.54, 1.807) is 0 Å². The van der Waals surface area contributed by atoms with Crippen LogP contribution in [-0.2, 0) is 28.6 Å². The third-order valence-corrected chi connectivity index (χ3v) is 14.9. The quantitative estimate of drug-likeness (QED) is 0.0261. The highest BCUT2D eigenvalue weighted by Gasteiger charge is 2.19. The van der Waals surface area contributed by atoms with Crippen LogP contribution in [0.25, 0.3) is 0 Å². The van der Waals surface area contributed by atoms with Gasteiger partial charge in [-0.05, 0) is 128 Å². The van der Waals surface area contributed by atoms with Crippen molar-refractivity contribution < 1.29 is 28.6 Å². The van der Waals surface area contributed by atoms with Crippen LogP contribution in [-0.4, -0.2) is 37.2 Å². The summed E-state index contributed by atoms with van der Waals surface area (Å²) in [5, 5.41) is 0. The van der Waals surface area contributed by atoms with Gasteiger partial charge in [0, 0.05) is 19.3 Å². The van der Waals surface area contributed by atoms with Gasteiger partial charge in [0.05, 0.1) is 0 Å². The van der Waals surface area contributed by atoms with Gasteiger partial charge >= 0.3 is 17.9 Å². The molecular weight excluding hydrogens is 1020 g/mol. The molecule has 0 heterocycles. The van der Waals surface area contributed by atoms with Gasteiger partial charge in [-0.15, -0.1) is 0 Å². The summed E-state index contributed by atoms with van der Waals surface area (Å²) in [6.45, 7) is 6.42. The molecule has 0 fully saturated rings. The summed E-state index contributed by atoms with van der Waals surface area (Å²) in [5.74, 6) is -0.893. The molecule has 0 aliphatic heterocycles. The van der Waals surface area contributed by atoms with Crippen molar-refractivity contribution >= 4 is 17.9 Å². The molecule has 6 nitrogen and oxygen atoms in total. The first-order chi connectivity index (χ1) is 41.0. The summed E-state index contributed by atoms with van der Waals surface area (Å²) >= 11 is 0. The number of ether oxygens (including phenoxy) is 3. The maximum Gasteiger partial charge on any atom is 0.306 e. The van der Waals surface area contributed by atoms with E-state index in [2.05, 4.69) is 142 Å². The van der Waals surface area contributed by atoms with E-state index in [-0.39, 0.29) is 31.1 Å². The third kappa shape index (κ3) is 68.5. The second-order valence-electron chi connectivity index (χ2n) is 23.0. The molecule has 0 N–H and O–H groups in total. The van der Waals surface area contributed by atoms with Crippen molar-refractivity contribution in [3.05, 3.63) is 122 Å². The van der Waals surface area contributed by atoms with Gasteiger partial charge in [-0.25, -0.2) is 0 Å². The van der Waals surface area contributed by atoms with Gasteiger partial charge in [-0.1, -0.05) is 303 Å². The average Bonchev–Trinajstić information content (AvgIpc) is 3.49. The van der Waals surface area contributed by atoms with E-state index in [1.165, 1.54) is 161 Å². The predicted octanol–water partition coefficient (Wildman–Crippen LogP) is 24.3. The van der Waals surface area contributed by atoms with Gasteiger partial charge in [0.2, 0.25) is 0 Å². The molecule has 1 atom stereocenters. The lowest BCUT2D eigenvalue weighted by Gasteiger charge is -2.18. The van der Waals surface area contributed by atoms with Crippen molar-refractivity contribution in [3.63, 3.8) is 0 Å². The molecule has 0 amide bonds. The zero-order valence-electron chi connectivity index (χ0n) is 54.4. The van der Waals surface area contributed by atoms with E-state index in [0.717, 1.165) is 128 Å². The number of esters is 3. The number of hydrogen-bond donors (Lipinski definition) is 0. The highest BCUT2D eigenvalue weighted by molar-refractivity contribution is 5.71. The minimum atomic E-state index is -0.793.